The van der Waals surface area contributed by atoms with Gasteiger partial charge in [-0.25, -0.2) is 10.1 Å². The summed E-state index contributed by atoms with van der Waals surface area (Å²) in [5.74, 6) is 0.923. The molecule has 0 bridgehead atoms. The number of hydrogen-bond donors (Lipinski definition) is 2. The molecule has 0 radical (unpaired) electrons. The van der Waals surface area contributed by atoms with E-state index in [0.29, 0.717) is 12.1 Å². The highest BCUT2D eigenvalue weighted by atomic mass is 35.5. The van der Waals surface area contributed by atoms with Crippen LogP contribution in [0.1, 0.15) is 84.5 Å². The summed E-state index contributed by atoms with van der Waals surface area (Å²) in [6.45, 7) is 4.26. The van der Waals surface area contributed by atoms with Crippen molar-refractivity contribution in [2.24, 2.45) is 0 Å². The molecule has 5 nitrogen and oxygen atoms in total. The molecule has 0 aromatic rings. The van der Waals surface area contributed by atoms with Gasteiger partial charge in [-0.05, 0) is 26.2 Å². The van der Waals surface area contributed by atoms with E-state index in [1.54, 1.807) is 0 Å². The Bertz CT molecular complexity index is 588. The van der Waals surface area contributed by atoms with Crippen molar-refractivity contribution in [3.8, 4) is 0 Å². The van der Waals surface area contributed by atoms with E-state index in [4.69, 9.17) is 4.74 Å². The van der Waals surface area contributed by atoms with Gasteiger partial charge in [-0.3, -0.25) is 9.89 Å². The first kappa shape index (κ1) is 22.1. The number of ether oxygens (including phenoxy) is 1. The molecule has 6 heteroatoms. The number of guanidine groups is 1. The van der Waals surface area contributed by atoms with Crippen molar-refractivity contribution in [2.75, 3.05) is 7.11 Å². The summed E-state index contributed by atoms with van der Waals surface area (Å²) in [4.78, 5) is 12.2. The molecule has 0 aromatic carbocycles. The second-order valence-corrected chi connectivity index (χ2v) is 8.15. The second-order valence-electron chi connectivity index (χ2n) is 8.15. The number of nitrogens with zero attached hydrogens (tertiary/aromatic N) is 1. The minimum atomic E-state index is -0.190. The number of carbonyl (C=O) groups excluding carboxylic acids is 1. The van der Waals surface area contributed by atoms with Gasteiger partial charge in [0.1, 0.15) is 11.6 Å². The number of hydrogen-bond acceptors (Lipinski definition) is 4. The van der Waals surface area contributed by atoms with Gasteiger partial charge in [0.25, 0.3) is 0 Å². The summed E-state index contributed by atoms with van der Waals surface area (Å²) in [7, 11) is 1.47. The minimum Gasteiger partial charge on any atom is -1.00 e. The van der Waals surface area contributed by atoms with Gasteiger partial charge in [-0.1, -0.05) is 51.9 Å². The molecule has 3 aliphatic rings. The van der Waals surface area contributed by atoms with Crippen LogP contribution in [-0.2, 0) is 9.53 Å². The number of methoxy groups -OCH3 is 1. The van der Waals surface area contributed by atoms with Gasteiger partial charge in [0.15, 0.2) is 0 Å². The van der Waals surface area contributed by atoms with Crippen molar-refractivity contribution in [1.29, 1.82) is 0 Å². The van der Waals surface area contributed by atoms with E-state index in [2.05, 4.69) is 22.1 Å². The standard InChI is InChI=1S/C21H35N3O2.ClH/c1-4-5-6-7-8-9-10-11-16-14-17-12-13-18-19(20(25)26-3)15(2)22-21(23-16)24(17)18;/h16-18H,4-14H2,1-3H3,(H,22,23,25);1H/t16-,17+,18+;/m1./s1. The number of halogens is 1. The Hall–Kier alpha value is -1.23. The summed E-state index contributed by atoms with van der Waals surface area (Å²) < 4.78 is 7.42. The second kappa shape index (κ2) is 10.4. The molecule has 3 atom stereocenters. The molecular formula is C21H36ClN3O2. The lowest BCUT2D eigenvalue weighted by Crippen LogP contribution is -3.00. The SMILES string of the molecule is CCCCCCCCC[C@@H]1C[C@@H]2CC[C@H]3C(C(=O)OC)=C(C)NC(=[N+]23)N1.[Cl-]. The Labute approximate surface area is 170 Å². The third-order valence-corrected chi connectivity index (χ3v) is 6.26. The van der Waals surface area contributed by atoms with E-state index >= 15 is 0 Å². The summed E-state index contributed by atoms with van der Waals surface area (Å²) in [5.41, 5.74) is 1.75. The van der Waals surface area contributed by atoms with Crippen molar-refractivity contribution in [3.63, 3.8) is 0 Å². The highest BCUT2D eigenvalue weighted by Crippen LogP contribution is 2.34. The van der Waals surface area contributed by atoms with Crippen LogP contribution >= 0.6 is 0 Å². The van der Waals surface area contributed by atoms with E-state index in [0.717, 1.165) is 23.7 Å². The van der Waals surface area contributed by atoms with E-state index in [1.807, 2.05) is 6.92 Å². The number of unbranched alkanes of at least 4 members (excludes halogenated alkanes) is 6. The third kappa shape index (κ3) is 4.98. The Morgan fingerprint density at radius 1 is 1.15 bits per heavy atom. The largest absolute Gasteiger partial charge is 1.00 e. The Morgan fingerprint density at radius 2 is 1.85 bits per heavy atom. The average Bonchev–Trinajstić information content (AvgIpc) is 3.05. The molecule has 0 spiro atoms. The predicted octanol–water partition coefficient (Wildman–Crippen LogP) is 0.443. The van der Waals surface area contributed by atoms with Crippen LogP contribution in [0.25, 0.3) is 0 Å². The number of nitrogens with one attached hydrogen (secondary N) is 2. The van der Waals surface area contributed by atoms with E-state index in [1.165, 1.54) is 71.3 Å². The molecule has 154 valence electrons. The van der Waals surface area contributed by atoms with Crippen LogP contribution in [0.5, 0.6) is 0 Å². The Kier molecular flexibility index (Phi) is 8.46. The lowest BCUT2D eigenvalue weighted by atomic mass is 9.97. The van der Waals surface area contributed by atoms with Crippen molar-refractivity contribution in [2.45, 2.75) is 103 Å². The molecule has 0 saturated carbocycles. The van der Waals surface area contributed by atoms with Crippen LogP contribution in [0.15, 0.2) is 11.3 Å². The maximum atomic E-state index is 12.2. The zero-order valence-electron chi connectivity index (χ0n) is 17.2. The van der Waals surface area contributed by atoms with E-state index in [9.17, 15) is 4.79 Å². The summed E-state index contributed by atoms with van der Waals surface area (Å²) >= 11 is 0. The predicted molar refractivity (Wildman–Crippen MR) is 104 cm³/mol. The zero-order chi connectivity index (χ0) is 18.5. The molecule has 3 heterocycles. The monoisotopic (exact) mass is 397 g/mol. The van der Waals surface area contributed by atoms with Gasteiger partial charge in [-0.15, -0.1) is 0 Å². The highest BCUT2D eigenvalue weighted by Gasteiger charge is 2.47. The Morgan fingerprint density at radius 3 is 2.56 bits per heavy atom. The fourth-order valence-electron chi connectivity index (χ4n) is 4.92. The summed E-state index contributed by atoms with van der Waals surface area (Å²) in [5, 5.41) is 7.17. The van der Waals surface area contributed by atoms with Crippen molar-refractivity contribution >= 4 is 11.9 Å². The lowest BCUT2D eigenvalue weighted by Gasteiger charge is -2.33. The maximum absolute atomic E-state index is 12.2. The van der Waals surface area contributed by atoms with Crippen LogP contribution < -0.4 is 23.0 Å². The fraction of sp³-hybridized carbons (Fsp3) is 0.810. The number of rotatable bonds is 9. The topological polar surface area (TPSA) is 53.4 Å². The molecule has 27 heavy (non-hydrogen) atoms. The van der Waals surface area contributed by atoms with Crippen molar-refractivity contribution in [3.05, 3.63) is 11.3 Å². The third-order valence-electron chi connectivity index (χ3n) is 6.26. The molecular weight excluding hydrogens is 362 g/mol. The molecule has 0 aromatic heterocycles. The average molecular weight is 398 g/mol. The first-order chi connectivity index (χ1) is 12.7. The molecule has 3 aliphatic heterocycles. The maximum Gasteiger partial charge on any atom is 0.351 e. The van der Waals surface area contributed by atoms with Crippen LogP contribution in [-0.4, -0.2) is 41.7 Å². The smallest absolute Gasteiger partial charge is 0.351 e. The normalized spacial score (nSPS) is 26.1. The van der Waals surface area contributed by atoms with Crippen molar-refractivity contribution < 1.29 is 26.5 Å². The quantitative estimate of drug-likeness (QED) is 0.337. The first-order valence-corrected chi connectivity index (χ1v) is 10.6. The zero-order valence-corrected chi connectivity index (χ0v) is 17.9. The van der Waals surface area contributed by atoms with Gasteiger partial charge < -0.3 is 17.1 Å². The van der Waals surface area contributed by atoms with Gasteiger partial charge in [0.2, 0.25) is 0 Å². The summed E-state index contributed by atoms with van der Waals surface area (Å²) in [6, 6.07) is 1.28. The fourth-order valence-corrected chi connectivity index (χ4v) is 4.92. The minimum absolute atomic E-state index is 0. The molecule has 1 saturated heterocycles. The van der Waals surface area contributed by atoms with Gasteiger partial charge in [-0.2, -0.15) is 0 Å². The Balaban J connectivity index is 0.00000261. The molecule has 0 amide bonds. The number of esters is 1. The molecule has 0 unspecified atom stereocenters. The molecule has 2 N–H and O–H groups in total. The highest BCUT2D eigenvalue weighted by molar-refractivity contribution is 5.93. The van der Waals surface area contributed by atoms with Crippen LogP contribution in [0.2, 0.25) is 0 Å². The van der Waals surface area contributed by atoms with E-state index in [-0.39, 0.29) is 24.4 Å². The number of allylic oxidation sites excluding steroid dienone is 1. The van der Waals surface area contributed by atoms with Gasteiger partial charge in [0.05, 0.1) is 24.9 Å². The first-order valence-electron chi connectivity index (χ1n) is 10.6. The van der Waals surface area contributed by atoms with E-state index < -0.39 is 0 Å². The van der Waals surface area contributed by atoms with Crippen LogP contribution in [0.3, 0.4) is 0 Å². The molecule has 1 fully saturated rings. The van der Waals surface area contributed by atoms with Crippen LogP contribution in [0, 0.1) is 0 Å². The number of carbonyl (C=O) groups is 1. The van der Waals surface area contributed by atoms with Gasteiger partial charge >= 0.3 is 11.9 Å². The lowest BCUT2D eigenvalue weighted by molar-refractivity contribution is -0.580. The molecule has 3 rings (SSSR count). The van der Waals surface area contributed by atoms with Crippen LogP contribution in [0.4, 0.5) is 0 Å². The molecule has 0 aliphatic carbocycles. The summed E-state index contributed by atoms with van der Waals surface area (Å²) in [6.07, 6.45) is 14.2. The van der Waals surface area contributed by atoms with Crippen molar-refractivity contribution in [1.82, 2.24) is 10.6 Å². The van der Waals surface area contributed by atoms with Gasteiger partial charge in [0, 0.05) is 6.42 Å².